The molecule has 0 unspecified atom stereocenters. The van der Waals surface area contributed by atoms with Crippen molar-refractivity contribution in [3.63, 3.8) is 0 Å². The van der Waals surface area contributed by atoms with Gasteiger partial charge in [0, 0.05) is 22.9 Å². The normalized spacial score (nSPS) is 12.2. The van der Waals surface area contributed by atoms with Crippen LogP contribution in [0, 0.1) is 6.92 Å². The molecule has 0 bridgehead atoms. The first-order valence-corrected chi connectivity index (χ1v) is 8.32. The van der Waals surface area contributed by atoms with Crippen molar-refractivity contribution in [2.75, 3.05) is 0 Å². The summed E-state index contributed by atoms with van der Waals surface area (Å²) in [5.74, 6) is 5.28. The molecule has 0 fully saturated rings. The van der Waals surface area contributed by atoms with Gasteiger partial charge in [0.2, 0.25) is 5.88 Å². The molecule has 0 aliphatic carbocycles. The van der Waals surface area contributed by atoms with Crippen LogP contribution < -0.4 is 16.1 Å². The second-order valence-electron chi connectivity index (χ2n) is 5.92. The fraction of sp³-hybridized carbons (Fsp3) is 0.222. The van der Waals surface area contributed by atoms with E-state index in [1.165, 1.54) is 12.4 Å². The fourth-order valence-electron chi connectivity index (χ4n) is 2.64. The van der Waals surface area contributed by atoms with E-state index in [1.54, 1.807) is 19.2 Å². The lowest BCUT2D eigenvalue weighted by Crippen LogP contribution is -2.13. The summed E-state index contributed by atoms with van der Waals surface area (Å²) < 4.78 is 45.5. The maximum atomic E-state index is 13.2. The van der Waals surface area contributed by atoms with Crippen LogP contribution in [0.1, 0.15) is 23.7 Å². The maximum Gasteiger partial charge on any atom is 0.416 e. The summed E-state index contributed by atoms with van der Waals surface area (Å²) >= 11 is 0. The minimum atomic E-state index is -4.52. The molecule has 0 saturated heterocycles. The predicted molar refractivity (Wildman–Crippen MR) is 95.0 cm³/mol. The number of nitrogens with zero attached hydrogens (tertiary/aromatic N) is 4. The first-order valence-electron chi connectivity index (χ1n) is 8.32. The van der Waals surface area contributed by atoms with E-state index in [0.717, 1.165) is 12.1 Å². The third-order valence-corrected chi connectivity index (χ3v) is 4.04. The van der Waals surface area contributed by atoms with Crippen LogP contribution in [0.15, 0.2) is 41.9 Å². The van der Waals surface area contributed by atoms with Crippen molar-refractivity contribution in [1.82, 2.24) is 20.2 Å². The Morgan fingerprint density at radius 2 is 2.00 bits per heavy atom. The number of H-pyrrole nitrogens is 1. The molecule has 3 rings (SSSR count). The van der Waals surface area contributed by atoms with Crippen molar-refractivity contribution in [3.8, 4) is 22.8 Å². The molecule has 0 radical (unpaired) electrons. The highest BCUT2D eigenvalue weighted by Gasteiger charge is 2.32. The van der Waals surface area contributed by atoms with Gasteiger partial charge >= 0.3 is 6.18 Å². The number of nitrogens with one attached hydrogen (secondary N) is 1. The van der Waals surface area contributed by atoms with Crippen molar-refractivity contribution in [2.45, 2.75) is 26.4 Å². The van der Waals surface area contributed by atoms with Crippen molar-refractivity contribution >= 4 is 0 Å². The molecule has 146 valence electrons. The Labute approximate surface area is 158 Å². The van der Waals surface area contributed by atoms with E-state index in [2.05, 4.69) is 25.3 Å². The van der Waals surface area contributed by atoms with Crippen LogP contribution in [0.2, 0.25) is 0 Å². The van der Waals surface area contributed by atoms with Gasteiger partial charge in [-0.25, -0.2) is 9.97 Å². The largest absolute Gasteiger partial charge is 0.437 e. The van der Waals surface area contributed by atoms with Gasteiger partial charge in [0.05, 0.1) is 11.3 Å². The van der Waals surface area contributed by atoms with Crippen LogP contribution >= 0.6 is 0 Å². The third kappa shape index (κ3) is 3.95. The number of aromatic nitrogens is 4. The van der Waals surface area contributed by atoms with Gasteiger partial charge in [-0.2, -0.15) is 18.3 Å². The number of aryl methyl sites for hydroxylation is 2. The van der Waals surface area contributed by atoms with Crippen LogP contribution in [0.5, 0.6) is 11.6 Å². The van der Waals surface area contributed by atoms with Crippen molar-refractivity contribution in [2.24, 2.45) is 10.9 Å². The monoisotopic (exact) mass is 390 g/mol. The summed E-state index contributed by atoms with van der Waals surface area (Å²) in [6, 6.07) is 4.85. The summed E-state index contributed by atoms with van der Waals surface area (Å²) in [6.07, 6.45) is -1.00. The number of aromatic amines is 1. The fourth-order valence-corrected chi connectivity index (χ4v) is 2.64. The van der Waals surface area contributed by atoms with E-state index >= 15 is 0 Å². The van der Waals surface area contributed by atoms with Gasteiger partial charge in [-0.05, 0) is 37.6 Å². The van der Waals surface area contributed by atoms with Crippen LogP contribution in [-0.2, 0) is 12.6 Å². The molecule has 0 spiro atoms. The Balaban J connectivity index is 2.16. The number of ether oxygens (including phenoxy) is 1. The number of rotatable bonds is 4. The van der Waals surface area contributed by atoms with Crippen LogP contribution in [0.25, 0.3) is 11.1 Å². The Hall–Kier alpha value is -3.43. The average molecular weight is 390 g/mol. The first-order chi connectivity index (χ1) is 13.3. The average Bonchev–Trinajstić information content (AvgIpc) is 2.68. The molecule has 7 nitrogen and oxygen atoms in total. The third-order valence-electron chi connectivity index (χ3n) is 4.04. The van der Waals surface area contributed by atoms with Gasteiger partial charge < -0.3 is 10.6 Å². The molecular formula is C18H17F3N6O. The molecule has 0 aliphatic heterocycles. The molecule has 1 aromatic carbocycles. The Kier molecular flexibility index (Phi) is 5.30. The summed E-state index contributed by atoms with van der Waals surface area (Å²) in [7, 11) is 0. The SMILES string of the molecule is CCc1ncncc1-c1ccc(C(F)(F)F)cc1Oc1n[nH]/c(=N\N)cc1C. The van der Waals surface area contributed by atoms with E-state index in [4.69, 9.17) is 10.6 Å². The van der Waals surface area contributed by atoms with Crippen molar-refractivity contribution in [1.29, 1.82) is 0 Å². The van der Waals surface area contributed by atoms with Crippen LogP contribution in [-0.4, -0.2) is 20.2 Å². The quantitative estimate of drug-likeness (QED) is 0.526. The smallest absolute Gasteiger partial charge is 0.416 e. The highest BCUT2D eigenvalue weighted by molar-refractivity contribution is 5.72. The number of benzene rings is 1. The molecular weight excluding hydrogens is 373 g/mol. The lowest BCUT2D eigenvalue weighted by atomic mass is 10.0. The summed E-state index contributed by atoms with van der Waals surface area (Å²) in [6.45, 7) is 3.58. The van der Waals surface area contributed by atoms with E-state index in [-0.39, 0.29) is 11.6 Å². The van der Waals surface area contributed by atoms with Crippen molar-refractivity contribution < 1.29 is 17.9 Å². The highest BCUT2D eigenvalue weighted by Crippen LogP contribution is 2.39. The second-order valence-corrected chi connectivity index (χ2v) is 5.92. The zero-order chi connectivity index (χ0) is 20.3. The summed E-state index contributed by atoms with van der Waals surface area (Å²) in [5.41, 5.74) is 1.72. The maximum absolute atomic E-state index is 13.2. The number of nitrogens with two attached hydrogens (primary N) is 1. The van der Waals surface area contributed by atoms with Gasteiger partial charge in [0.25, 0.3) is 0 Å². The van der Waals surface area contributed by atoms with Crippen LogP contribution in [0.3, 0.4) is 0 Å². The molecule has 28 heavy (non-hydrogen) atoms. The molecule has 0 amide bonds. The number of halogens is 3. The Morgan fingerprint density at radius 1 is 1.21 bits per heavy atom. The minimum Gasteiger partial charge on any atom is -0.437 e. The number of hydrogen-bond donors (Lipinski definition) is 2. The number of alkyl halides is 3. The molecule has 2 aromatic heterocycles. The van der Waals surface area contributed by atoms with Gasteiger partial charge in [0.1, 0.15) is 12.1 Å². The Morgan fingerprint density at radius 3 is 2.64 bits per heavy atom. The minimum absolute atomic E-state index is 0.0132. The van der Waals surface area contributed by atoms with Gasteiger partial charge in [-0.15, -0.1) is 5.10 Å². The van der Waals surface area contributed by atoms with E-state index in [9.17, 15) is 13.2 Å². The second kappa shape index (κ2) is 7.67. The molecule has 10 heteroatoms. The summed E-state index contributed by atoms with van der Waals surface area (Å²) in [5, 5.41) is 10.0. The molecule has 0 aliphatic rings. The lowest BCUT2D eigenvalue weighted by molar-refractivity contribution is -0.137. The van der Waals surface area contributed by atoms with Gasteiger partial charge in [-0.1, -0.05) is 6.92 Å². The molecule has 3 aromatic rings. The zero-order valence-electron chi connectivity index (χ0n) is 15.1. The summed E-state index contributed by atoms with van der Waals surface area (Å²) in [4.78, 5) is 8.19. The first kappa shape index (κ1) is 19.3. The Bertz CT molecular complexity index is 1060. The predicted octanol–water partition coefficient (Wildman–Crippen LogP) is 3.32. The van der Waals surface area contributed by atoms with E-state index in [1.807, 2.05) is 6.92 Å². The van der Waals surface area contributed by atoms with Gasteiger partial charge in [-0.3, -0.25) is 5.10 Å². The molecule has 0 saturated carbocycles. The van der Waals surface area contributed by atoms with E-state index < -0.39 is 11.7 Å². The molecule has 2 heterocycles. The lowest BCUT2D eigenvalue weighted by Gasteiger charge is -2.16. The standard InChI is InChI=1S/C18H17F3N6O/c1-3-14-13(8-23-9-24-14)12-5-4-11(18(19,20)21)7-15(12)28-17-10(2)6-16(25-22)26-27-17/h4-9H,3,22H2,1-2H3,(H,25,26). The number of hydrogen-bond acceptors (Lipinski definition) is 6. The van der Waals surface area contributed by atoms with Gasteiger partial charge in [0.15, 0.2) is 5.49 Å². The van der Waals surface area contributed by atoms with Crippen LogP contribution in [0.4, 0.5) is 13.2 Å². The molecule has 0 atom stereocenters. The zero-order valence-corrected chi connectivity index (χ0v) is 15.1. The van der Waals surface area contributed by atoms with Crippen molar-refractivity contribution in [3.05, 3.63) is 59.1 Å². The topological polar surface area (TPSA) is 102 Å². The highest BCUT2D eigenvalue weighted by atomic mass is 19.4. The molecule has 3 N–H and O–H groups in total. The van der Waals surface area contributed by atoms with E-state index in [0.29, 0.717) is 34.3 Å².